The Morgan fingerprint density at radius 1 is 1.00 bits per heavy atom. The van der Waals surface area contributed by atoms with Gasteiger partial charge in [0.25, 0.3) is 5.91 Å². The van der Waals surface area contributed by atoms with Gasteiger partial charge >= 0.3 is 0 Å². The van der Waals surface area contributed by atoms with E-state index in [-0.39, 0.29) is 35.9 Å². The minimum absolute atomic E-state index is 0.0324. The third-order valence-electron chi connectivity index (χ3n) is 4.22. The van der Waals surface area contributed by atoms with E-state index < -0.39 is 0 Å². The number of hydrogen-bond acceptors (Lipinski definition) is 3. The summed E-state index contributed by atoms with van der Waals surface area (Å²) in [4.78, 5) is 24.0. The van der Waals surface area contributed by atoms with Crippen LogP contribution in [0.15, 0.2) is 30.3 Å². The monoisotopic (exact) mass is 332 g/mol. The van der Waals surface area contributed by atoms with E-state index in [4.69, 9.17) is 4.74 Å². The van der Waals surface area contributed by atoms with Crippen LogP contribution in [0.1, 0.15) is 46.5 Å². The predicted molar refractivity (Wildman–Crippen MR) is 93.7 cm³/mol. The third-order valence-corrected chi connectivity index (χ3v) is 4.22. The van der Waals surface area contributed by atoms with E-state index in [2.05, 4.69) is 10.6 Å². The topological polar surface area (TPSA) is 67.4 Å². The maximum absolute atomic E-state index is 12.0. The summed E-state index contributed by atoms with van der Waals surface area (Å²) in [5.74, 6) is 0.688. The second-order valence-corrected chi connectivity index (χ2v) is 7.44. The molecule has 24 heavy (non-hydrogen) atoms. The van der Waals surface area contributed by atoms with Crippen molar-refractivity contribution in [3.63, 3.8) is 0 Å². The summed E-state index contributed by atoms with van der Waals surface area (Å²) in [5.41, 5.74) is -0.361. The van der Waals surface area contributed by atoms with Crippen molar-refractivity contribution >= 4 is 11.8 Å². The summed E-state index contributed by atoms with van der Waals surface area (Å²) >= 11 is 0. The van der Waals surface area contributed by atoms with Gasteiger partial charge in [-0.05, 0) is 37.8 Å². The minimum Gasteiger partial charge on any atom is -0.484 e. The zero-order chi connectivity index (χ0) is 17.6. The number of carbonyl (C=O) groups excluding carboxylic acids is 2. The van der Waals surface area contributed by atoms with Gasteiger partial charge in [0.05, 0.1) is 0 Å². The van der Waals surface area contributed by atoms with Gasteiger partial charge in [0, 0.05) is 17.5 Å². The summed E-state index contributed by atoms with van der Waals surface area (Å²) in [6.07, 6.45) is 3.55. The van der Waals surface area contributed by atoms with Crippen LogP contribution in [0.4, 0.5) is 0 Å². The molecule has 1 saturated carbocycles. The molecular formula is C19H28N2O3. The standard InChI is InChI=1S/C19H28N2O3/c1-19(2,3)18(23)21-15-11-9-14(10-12-15)20-17(22)13-24-16-7-5-4-6-8-16/h4-8,14-15H,9-13H2,1-3H3,(H,20,22)(H,21,23). The molecule has 2 amide bonds. The molecule has 2 rings (SSSR count). The Morgan fingerprint density at radius 2 is 1.54 bits per heavy atom. The molecule has 0 aliphatic heterocycles. The average Bonchev–Trinajstić information content (AvgIpc) is 2.55. The average molecular weight is 332 g/mol. The van der Waals surface area contributed by atoms with Crippen LogP contribution in [0.3, 0.4) is 0 Å². The lowest BCUT2D eigenvalue weighted by Crippen LogP contribution is -2.47. The fourth-order valence-corrected chi connectivity index (χ4v) is 2.72. The largest absolute Gasteiger partial charge is 0.484 e. The number of carbonyl (C=O) groups is 2. The number of nitrogens with one attached hydrogen (secondary N) is 2. The third kappa shape index (κ3) is 5.87. The molecular weight excluding hydrogens is 304 g/mol. The second-order valence-electron chi connectivity index (χ2n) is 7.44. The number of rotatable bonds is 5. The van der Waals surface area contributed by atoms with E-state index in [1.165, 1.54) is 0 Å². The Bertz CT molecular complexity index is 543. The molecule has 0 saturated heterocycles. The van der Waals surface area contributed by atoms with Crippen LogP contribution in [0, 0.1) is 5.41 Å². The Balaban J connectivity index is 1.67. The molecule has 0 spiro atoms. The van der Waals surface area contributed by atoms with Crippen LogP contribution in [0.25, 0.3) is 0 Å². The van der Waals surface area contributed by atoms with Crippen molar-refractivity contribution in [2.45, 2.75) is 58.5 Å². The molecule has 0 aromatic heterocycles. The SMILES string of the molecule is CC(C)(C)C(=O)NC1CCC(NC(=O)COc2ccccc2)CC1. The molecule has 0 atom stereocenters. The van der Waals surface area contributed by atoms with Crippen molar-refractivity contribution in [1.82, 2.24) is 10.6 Å². The van der Waals surface area contributed by atoms with Gasteiger partial charge in [-0.25, -0.2) is 0 Å². The molecule has 0 unspecified atom stereocenters. The molecule has 1 aliphatic carbocycles. The molecule has 132 valence electrons. The zero-order valence-corrected chi connectivity index (χ0v) is 14.8. The Kier molecular flexibility index (Phi) is 6.23. The molecule has 1 fully saturated rings. The van der Waals surface area contributed by atoms with Crippen molar-refractivity contribution in [3.8, 4) is 5.75 Å². The molecule has 5 heteroatoms. The van der Waals surface area contributed by atoms with Crippen molar-refractivity contribution in [2.75, 3.05) is 6.61 Å². The number of benzene rings is 1. The normalized spacial score (nSPS) is 21.0. The molecule has 0 bridgehead atoms. The zero-order valence-electron chi connectivity index (χ0n) is 14.8. The Hall–Kier alpha value is -2.04. The highest BCUT2D eigenvalue weighted by Gasteiger charge is 2.27. The van der Waals surface area contributed by atoms with Crippen LogP contribution in [0.2, 0.25) is 0 Å². The van der Waals surface area contributed by atoms with Crippen LogP contribution < -0.4 is 15.4 Å². The first kappa shape index (κ1) is 18.3. The summed E-state index contributed by atoms with van der Waals surface area (Å²) in [6.45, 7) is 5.79. The van der Waals surface area contributed by atoms with E-state index in [9.17, 15) is 9.59 Å². The lowest BCUT2D eigenvalue weighted by atomic mass is 9.89. The summed E-state index contributed by atoms with van der Waals surface area (Å²) in [7, 11) is 0. The van der Waals surface area contributed by atoms with Crippen molar-refractivity contribution in [2.24, 2.45) is 5.41 Å². The first-order valence-corrected chi connectivity index (χ1v) is 8.63. The van der Waals surface area contributed by atoms with Crippen molar-refractivity contribution in [3.05, 3.63) is 30.3 Å². The van der Waals surface area contributed by atoms with Gasteiger partial charge in [-0.1, -0.05) is 39.0 Å². The summed E-state index contributed by atoms with van der Waals surface area (Å²) < 4.78 is 5.45. The molecule has 5 nitrogen and oxygen atoms in total. The van der Waals surface area contributed by atoms with E-state index in [1.54, 1.807) is 0 Å². The van der Waals surface area contributed by atoms with Gasteiger partial charge in [0.1, 0.15) is 5.75 Å². The minimum atomic E-state index is -0.361. The number of para-hydroxylation sites is 1. The first-order chi connectivity index (χ1) is 11.3. The van der Waals surface area contributed by atoms with Gasteiger partial charge in [0.2, 0.25) is 5.91 Å². The van der Waals surface area contributed by atoms with Gasteiger partial charge in [-0.15, -0.1) is 0 Å². The van der Waals surface area contributed by atoms with Crippen LogP contribution in [0.5, 0.6) is 5.75 Å². The summed E-state index contributed by atoms with van der Waals surface area (Å²) in [6, 6.07) is 9.70. The first-order valence-electron chi connectivity index (χ1n) is 8.63. The van der Waals surface area contributed by atoms with Gasteiger partial charge in [-0.3, -0.25) is 9.59 Å². The molecule has 1 aromatic rings. The molecule has 1 aromatic carbocycles. The number of ether oxygens (including phenoxy) is 1. The maximum Gasteiger partial charge on any atom is 0.258 e. The van der Waals surface area contributed by atoms with Crippen LogP contribution in [-0.2, 0) is 9.59 Å². The molecule has 0 radical (unpaired) electrons. The van der Waals surface area contributed by atoms with Gasteiger partial charge in [0.15, 0.2) is 6.61 Å². The lowest BCUT2D eigenvalue weighted by molar-refractivity contribution is -0.129. The fourth-order valence-electron chi connectivity index (χ4n) is 2.72. The van der Waals surface area contributed by atoms with E-state index in [0.717, 1.165) is 25.7 Å². The quantitative estimate of drug-likeness (QED) is 0.871. The fraction of sp³-hybridized carbons (Fsp3) is 0.579. The summed E-state index contributed by atoms with van der Waals surface area (Å²) in [5, 5.41) is 6.12. The van der Waals surface area contributed by atoms with Crippen LogP contribution in [-0.4, -0.2) is 30.5 Å². The highest BCUT2D eigenvalue weighted by Crippen LogP contribution is 2.21. The van der Waals surface area contributed by atoms with Crippen molar-refractivity contribution < 1.29 is 14.3 Å². The highest BCUT2D eigenvalue weighted by molar-refractivity contribution is 5.81. The van der Waals surface area contributed by atoms with Crippen molar-refractivity contribution in [1.29, 1.82) is 0 Å². The lowest BCUT2D eigenvalue weighted by Gasteiger charge is -2.31. The van der Waals surface area contributed by atoms with Crippen LogP contribution >= 0.6 is 0 Å². The predicted octanol–water partition coefficient (Wildman–Crippen LogP) is 2.66. The number of amides is 2. The maximum atomic E-state index is 12.0. The second kappa shape index (κ2) is 8.18. The van der Waals surface area contributed by atoms with E-state index in [1.807, 2.05) is 51.1 Å². The van der Waals surface area contributed by atoms with Gasteiger partial charge in [-0.2, -0.15) is 0 Å². The molecule has 1 aliphatic rings. The van der Waals surface area contributed by atoms with E-state index in [0.29, 0.717) is 5.75 Å². The molecule has 0 heterocycles. The van der Waals surface area contributed by atoms with E-state index >= 15 is 0 Å². The Morgan fingerprint density at radius 3 is 2.08 bits per heavy atom. The van der Waals surface area contributed by atoms with Gasteiger partial charge < -0.3 is 15.4 Å². The number of hydrogen-bond donors (Lipinski definition) is 2. The highest BCUT2D eigenvalue weighted by atomic mass is 16.5. The Labute approximate surface area is 144 Å². The molecule has 2 N–H and O–H groups in total. The smallest absolute Gasteiger partial charge is 0.258 e.